The number of hydrogen-bond donors (Lipinski definition) is 1. The summed E-state index contributed by atoms with van der Waals surface area (Å²) in [4.78, 5) is 0. The lowest BCUT2D eigenvalue weighted by Crippen LogP contribution is -2.22. The van der Waals surface area contributed by atoms with Gasteiger partial charge in [-0.05, 0) is 54.1 Å². The van der Waals surface area contributed by atoms with E-state index in [0.717, 1.165) is 27.9 Å². The van der Waals surface area contributed by atoms with E-state index in [0.29, 0.717) is 10.0 Å². The molecule has 2 rings (SSSR count). The number of ether oxygens (including phenoxy) is 1. The number of rotatable bonds is 5. The standard InChI is InChI=1S/C16H16BrCl2NO/c1-3-20-16(13-8-10(18)4-7-15(13)19)12-9-11(21-2)5-6-14(12)17/h4-9,16,20H,3H2,1-2H3. The van der Waals surface area contributed by atoms with E-state index in [1.54, 1.807) is 13.2 Å². The summed E-state index contributed by atoms with van der Waals surface area (Å²) in [5.74, 6) is 0.800. The third-order valence-electron chi connectivity index (χ3n) is 3.19. The number of benzene rings is 2. The Morgan fingerprint density at radius 1 is 1.14 bits per heavy atom. The van der Waals surface area contributed by atoms with E-state index >= 15 is 0 Å². The first kappa shape index (κ1) is 16.6. The second kappa shape index (κ2) is 7.50. The van der Waals surface area contributed by atoms with E-state index in [9.17, 15) is 0 Å². The third kappa shape index (κ3) is 3.92. The summed E-state index contributed by atoms with van der Waals surface area (Å²) in [6, 6.07) is 11.3. The summed E-state index contributed by atoms with van der Waals surface area (Å²) >= 11 is 16.1. The highest BCUT2D eigenvalue weighted by molar-refractivity contribution is 9.10. The van der Waals surface area contributed by atoms with Crippen molar-refractivity contribution >= 4 is 39.1 Å². The van der Waals surface area contributed by atoms with Gasteiger partial charge in [-0.1, -0.05) is 46.1 Å². The molecule has 21 heavy (non-hydrogen) atoms. The average Bonchev–Trinajstić information content (AvgIpc) is 2.48. The van der Waals surface area contributed by atoms with Crippen molar-refractivity contribution in [1.29, 1.82) is 0 Å². The minimum Gasteiger partial charge on any atom is -0.497 e. The minimum absolute atomic E-state index is 0.0642. The van der Waals surface area contributed by atoms with E-state index in [2.05, 4.69) is 28.2 Å². The molecule has 0 saturated carbocycles. The van der Waals surface area contributed by atoms with Crippen molar-refractivity contribution < 1.29 is 4.74 Å². The van der Waals surface area contributed by atoms with Crippen LogP contribution in [0.2, 0.25) is 10.0 Å². The van der Waals surface area contributed by atoms with E-state index < -0.39 is 0 Å². The highest BCUT2D eigenvalue weighted by Crippen LogP contribution is 2.35. The van der Waals surface area contributed by atoms with Gasteiger partial charge < -0.3 is 10.1 Å². The minimum atomic E-state index is -0.0642. The lowest BCUT2D eigenvalue weighted by Gasteiger charge is -2.22. The molecular weight excluding hydrogens is 373 g/mol. The Hall–Kier alpha value is -0.740. The fraction of sp³-hybridized carbons (Fsp3) is 0.250. The monoisotopic (exact) mass is 387 g/mol. The molecule has 0 spiro atoms. The normalized spacial score (nSPS) is 12.2. The molecule has 0 bridgehead atoms. The SMILES string of the molecule is CCNC(c1cc(Cl)ccc1Cl)c1cc(OC)ccc1Br. The van der Waals surface area contributed by atoms with Gasteiger partial charge in [0.25, 0.3) is 0 Å². The molecule has 0 fully saturated rings. The summed E-state index contributed by atoms with van der Waals surface area (Å²) in [6.45, 7) is 2.86. The predicted molar refractivity (Wildman–Crippen MR) is 92.7 cm³/mol. The van der Waals surface area contributed by atoms with E-state index in [4.69, 9.17) is 27.9 Å². The topological polar surface area (TPSA) is 21.3 Å². The maximum atomic E-state index is 6.36. The molecule has 112 valence electrons. The van der Waals surface area contributed by atoms with Gasteiger partial charge in [-0.25, -0.2) is 0 Å². The first-order valence-corrected chi connectivity index (χ1v) is 8.13. The maximum Gasteiger partial charge on any atom is 0.119 e. The van der Waals surface area contributed by atoms with Crippen LogP contribution in [0.1, 0.15) is 24.1 Å². The maximum absolute atomic E-state index is 6.36. The van der Waals surface area contributed by atoms with Gasteiger partial charge in [0.15, 0.2) is 0 Å². The second-order valence-corrected chi connectivity index (χ2v) is 6.24. The Bertz CT molecular complexity index is 634. The summed E-state index contributed by atoms with van der Waals surface area (Å²) in [5.41, 5.74) is 2.00. The third-order valence-corrected chi connectivity index (χ3v) is 4.49. The molecule has 0 aliphatic carbocycles. The van der Waals surface area contributed by atoms with Gasteiger partial charge in [0.05, 0.1) is 13.2 Å². The second-order valence-electron chi connectivity index (χ2n) is 4.54. The van der Waals surface area contributed by atoms with Crippen LogP contribution >= 0.6 is 39.1 Å². The van der Waals surface area contributed by atoms with Crippen LogP contribution in [0.5, 0.6) is 5.75 Å². The van der Waals surface area contributed by atoms with Crippen molar-refractivity contribution in [3.63, 3.8) is 0 Å². The Morgan fingerprint density at radius 2 is 1.90 bits per heavy atom. The average molecular weight is 389 g/mol. The van der Waals surface area contributed by atoms with Crippen LogP contribution in [-0.4, -0.2) is 13.7 Å². The van der Waals surface area contributed by atoms with Gasteiger partial charge in [0, 0.05) is 14.5 Å². The Kier molecular flexibility index (Phi) is 5.94. The lowest BCUT2D eigenvalue weighted by molar-refractivity contribution is 0.413. The van der Waals surface area contributed by atoms with Crippen LogP contribution in [0.4, 0.5) is 0 Å². The number of halogens is 3. The highest BCUT2D eigenvalue weighted by atomic mass is 79.9. The molecule has 2 nitrogen and oxygen atoms in total. The zero-order valence-corrected chi connectivity index (χ0v) is 14.9. The molecule has 0 radical (unpaired) electrons. The summed E-state index contributed by atoms with van der Waals surface area (Å²) < 4.78 is 6.31. The summed E-state index contributed by atoms with van der Waals surface area (Å²) in [5, 5.41) is 4.79. The van der Waals surface area contributed by atoms with E-state index in [-0.39, 0.29) is 6.04 Å². The molecule has 1 N–H and O–H groups in total. The van der Waals surface area contributed by atoms with Crippen molar-refractivity contribution in [1.82, 2.24) is 5.32 Å². The largest absolute Gasteiger partial charge is 0.497 e. The Morgan fingerprint density at radius 3 is 2.57 bits per heavy atom. The van der Waals surface area contributed by atoms with Gasteiger partial charge in [-0.2, -0.15) is 0 Å². The molecule has 0 saturated heterocycles. The summed E-state index contributed by atoms with van der Waals surface area (Å²) in [6.07, 6.45) is 0. The smallest absolute Gasteiger partial charge is 0.119 e. The molecule has 5 heteroatoms. The van der Waals surface area contributed by atoms with Crippen LogP contribution in [0.15, 0.2) is 40.9 Å². The molecule has 2 aromatic rings. The molecule has 0 aliphatic rings. The van der Waals surface area contributed by atoms with Crippen LogP contribution in [0, 0.1) is 0 Å². The van der Waals surface area contributed by atoms with Crippen LogP contribution in [0.25, 0.3) is 0 Å². The molecule has 2 aromatic carbocycles. The fourth-order valence-corrected chi connectivity index (χ4v) is 3.08. The van der Waals surface area contributed by atoms with Crippen LogP contribution in [0.3, 0.4) is 0 Å². The van der Waals surface area contributed by atoms with Crippen LogP contribution < -0.4 is 10.1 Å². The van der Waals surface area contributed by atoms with Crippen LogP contribution in [-0.2, 0) is 0 Å². The Balaban J connectivity index is 2.55. The van der Waals surface area contributed by atoms with E-state index in [1.165, 1.54) is 0 Å². The molecule has 1 unspecified atom stereocenters. The number of methoxy groups -OCH3 is 1. The quantitative estimate of drug-likeness (QED) is 0.733. The van der Waals surface area contributed by atoms with Crippen molar-refractivity contribution in [3.8, 4) is 5.75 Å². The molecule has 0 aliphatic heterocycles. The van der Waals surface area contributed by atoms with Gasteiger partial charge in [-0.3, -0.25) is 0 Å². The number of nitrogens with one attached hydrogen (secondary N) is 1. The van der Waals surface area contributed by atoms with Crippen molar-refractivity contribution in [2.75, 3.05) is 13.7 Å². The van der Waals surface area contributed by atoms with Crippen molar-refractivity contribution in [2.24, 2.45) is 0 Å². The molecule has 1 atom stereocenters. The molecule has 0 heterocycles. The lowest BCUT2D eigenvalue weighted by atomic mass is 9.98. The van der Waals surface area contributed by atoms with E-state index in [1.807, 2.05) is 30.3 Å². The first-order chi connectivity index (χ1) is 10.1. The zero-order chi connectivity index (χ0) is 15.4. The van der Waals surface area contributed by atoms with Gasteiger partial charge in [0.2, 0.25) is 0 Å². The Labute approximate surface area is 143 Å². The highest BCUT2D eigenvalue weighted by Gasteiger charge is 2.19. The van der Waals surface area contributed by atoms with Gasteiger partial charge >= 0.3 is 0 Å². The van der Waals surface area contributed by atoms with Crippen molar-refractivity contribution in [2.45, 2.75) is 13.0 Å². The first-order valence-electron chi connectivity index (χ1n) is 6.58. The number of hydrogen-bond acceptors (Lipinski definition) is 2. The van der Waals surface area contributed by atoms with Crippen molar-refractivity contribution in [3.05, 3.63) is 62.0 Å². The molecular formula is C16H16BrCl2NO. The zero-order valence-electron chi connectivity index (χ0n) is 11.8. The summed E-state index contributed by atoms with van der Waals surface area (Å²) in [7, 11) is 1.65. The van der Waals surface area contributed by atoms with Gasteiger partial charge in [-0.15, -0.1) is 0 Å². The predicted octanol–water partition coefficient (Wildman–Crippen LogP) is 5.46. The van der Waals surface area contributed by atoms with Gasteiger partial charge in [0.1, 0.15) is 5.75 Å². The fourth-order valence-electron chi connectivity index (χ4n) is 2.20. The molecule has 0 aromatic heterocycles. The molecule has 0 amide bonds.